The summed E-state index contributed by atoms with van der Waals surface area (Å²) in [6.07, 6.45) is 2.67. The first kappa shape index (κ1) is 10.6. The molecule has 2 fully saturated rings. The first-order valence-electron chi connectivity index (χ1n) is 6.36. The van der Waals surface area contributed by atoms with Crippen molar-refractivity contribution in [3.63, 3.8) is 0 Å². The van der Waals surface area contributed by atoms with E-state index in [0.717, 1.165) is 24.7 Å². The van der Waals surface area contributed by atoms with E-state index in [4.69, 9.17) is 5.26 Å². The fraction of sp³-hybridized carbons (Fsp3) is 0.500. The number of rotatable bonds is 1. The van der Waals surface area contributed by atoms with Crippen LogP contribution in [0, 0.1) is 11.3 Å². The van der Waals surface area contributed by atoms with Crippen LogP contribution in [0.25, 0.3) is 0 Å². The Morgan fingerprint density at radius 2 is 2.18 bits per heavy atom. The average Bonchev–Trinajstić information content (AvgIpc) is 2.86. The van der Waals surface area contributed by atoms with Crippen LogP contribution >= 0.6 is 0 Å². The lowest BCUT2D eigenvalue weighted by Gasteiger charge is -2.38. The number of fused-ring (bicyclic) bond motifs is 1. The molecule has 2 heterocycles. The Morgan fingerprint density at radius 1 is 1.24 bits per heavy atom. The molecule has 0 spiro atoms. The van der Waals surface area contributed by atoms with Gasteiger partial charge >= 0.3 is 0 Å². The number of piperazine rings is 1. The number of nitrogens with zero attached hydrogens (tertiary/aromatic N) is 3. The highest BCUT2D eigenvalue weighted by molar-refractivity contribution is 5.52. The van der Waals surface area contributed by atoms with E-state index in [1.807, 2.05) is 18.2 Å². The monoisotopic (exact) mass is 227 g/mol. The number of nitriles is 1. The molecule has 1 unspecified atom stereocenters. The van der Waals surface area contributed by atoms with Gasteiger partial charge in [-0.05, 0) is 37.6 Å². The fourth-order valence-electron chi connectivity index (χ4n) is 3.00. The second-order valence-corrected chi connectivity index (χ2v) is 4.94. The molecule has 17 heavy (non-hydrogen) atoms. The summed E-state index contributed by atoms with van der Waals surface area (Å²) >= 11 is 0. The lowest BCUT2D eigenvalue weighted by Crippen LogP contribution is -2.50. The van der Waals surface area contributed by atoms with E-state index in [2.05, 4.69) is 21.9 Å². The van der Waals surface area contributed by atoms with E-state index in [1.54, 1.807) is 0 Å². The van der Waals surface area contributed by atoms with Gasteiger partial charge in [0.25, 0.3) is 0 Å². The van der Waals surface area contributed by atoms with E-state index in [-0.39, 0.29) is 0 Å². The quantitative estimate of drug-likeness (QED) is 0.733. The standard InChI is InChI=1S/C14H17N3/c15-10-12-3-1-4-13(9-12)17-8-7-16-6-2-5-14(16)11-17/h1,3-4,9,14H,2,5-8,11H2. The third kappa shape index (κ3) is 2.01. The maximum absolute atomic E-state index is 8.93. The number of hydrogen-bond donors (Lipinski definition) is 0. The van der Waals surface area contributed by atoms with Crippen molar-refractivity contribution >= 4 is 5.69 Å². The topological polar surface area (TPSA) is 30.3 Å². The molecule has 0 N–H and O–H groups in total. The van der Waals surface area contributed by atoms with Gasteiger partial charge in [0, 0.05) is 31.4 Å². The molecule has 0 aliphatic carbocycles. The van der Waals surface area contributed by atoms with E-state index in [0.29, 0.717) is 0 Å². The van der Waals surface area contributed by atoms with Gasteiger partial charge in [-0.3, -0.25) is 4.90 Å². The molecule has 2 aliphatic heterocycles. The molecular weight excluding hydrogens is 210 g/mol. The maximum atomic E-state index is 8.93. The third-order valence-electron chi connectivity index (χ3n) is 3.93. The summed E-state index contributed by atoms with van der Waals surface area (Å²) in [5.41, 5.74) is 1.96. The highest BCUT2D eigenvalue weighted by Crippen LogP contribution is 2.25. The molecule has 0 amide bonds. The number of benzene rings is 1. The minimum atomic E-state index is 0.731. The summed E-state index contributed by atoms with van der Waals surface area (Å²) in [6, 6.07) is 10.9. The Balaban J connectivity index is 1.78. The minimum absolute atomic E-state index is 0.731. The number of hydrogen-bond acceptors (Lipinski definition) is 3. The van der Waals surface area contributed by atoms with Gasteiger partial charge < -0.3 is 4.90 Å². The van der Waals surface area contributed by atoms with Crippen LogP contribution in [0.15, 0.2) is 24.3 Å². The van der Waals surface area contributed by atoms with Crippen molar-refractivity contribution in [2.75, 3.05) is 31.1 Å². The van der Waals surface area contributed by atoms with Gasteiger partial charge in [0.05, 0.1) is 11.6 Å². The van der Waals surface area contributed by atoms with Crippen molar-refractivity contribution in [1.29, 1.82) is 5.26 Å². The van der Waals surface area contributed by atoms with Crippen molar-refractivity contribution in [3.05, 3.63) is 29.8 Å². The van der Waals surface area contributed by atoms with Gasteiger partial charge in [0.1, 0.15) is 0 Å². The summed E-state index contributed by atoms with van der Waals surface area (Å²) in [6.45, 7) is 4.65. The Bertz CT molecular complexity index is 449. The lowest BCUT2D eigenvalue weighted by atomic mass is 10.1. The van der Waals surface area contributed by atoms with Crippen molar-refractivity contribution in [2.45, 2.75) is 18.9 Å². The third-order valence-corrected chi connectivity index (χ3v) is 3.93. The first-order chi connectivity index (χ1) is 8.36. The van der Waals surface area contributed by atoms with Gasteiger partial charge in [0.15, 0.2) is 0 Å². The van der Waals surface area contributed by atoms with Gasteiger partial charge in [0.2, 0.25) is 0 Å². The fourth-order valence-corrected chi connectivity index (χ4v) is 3.00. The molecule has 1 aromatic carbocycles. The zero-order valence-corrected chi connectivity index (χ0v) is 9.97. The second kappa shape index (κ2) is 4.38. The van der Waals surface area contributed by atoms with Crippen LogP contribution in [-0.2, 0) is 0 Å². The predicted octanol–water partition coefficient (Wildman–Crippen LogP) is 1.84. The Morgan fingerprint density at radius 3 is 3.06 bits per heavy atom. The van der Waals surface area contributed by atoms with E-state index >= 15 is 0 Å². The molecule has 1 aromatic rings. The van der Waals surface area contributed by atoms with E-state index in [9.17, 15) is 0 Å². The smallest absolute Gasteiger partial charge is 0.0992 e. The number of anilines is 1. The van der Waals surface area contributed by atoms with Crippen LogP contribution in [-0.4, -0.2) is 37.1 Å². The first-order valence-corrected chi connectivity index (χ1v) is 6.36. The largest absolute Gasteiger partial charge is 0.369 e. The van der Waals surface area contributed by atoms with Crippen LogP contribution in [0.5, 0.6) is 0 Å². The summed E-state index contributed by atoms with van der Waals surface area (Å²) < 4.78 is 0. The highest BCUT2D eigenvalue weighted by atomic mass is 15.3. The van der Waals surface area contributed by atoms with Crippen molar-refractivity contribution in [1.82, 2.24) is 4.90 Å². The van der Waals surface area contributed by atoms with Crippen LogP contribution in [0.2, 0.25) is 0 Å². The summed E-state index contributed by atoms with van der Waals surface area (Å²) in [4.78, 5) is 5.03. The van der Waals surface area contributed by atoms with Gasteiger partial charge in [-0.15, -0.1) is 0 Å². The molecule has 3 nitrogen and oxygen atoms in total. The zero-order chi connectivity index (χ0) is 11.7. The van der Waals surface area contributed by atoms with E-state index in [1.165, 1.54) is 31.6 Å². The maximum Gasteiger partial charge on any atom is 0.0992 e. The van der Waals surface area contributed by atoms with Crippen LogP contribution in [0.3, 0.4) is 0 Å². The normalized spacial score (nSPS) is 24.4. The Kier molecular flexibility index (Phi) is 2.74. The zero-order valence-electron chi connectivity index (χ0n) is 9.97. The molecule has 2 aliphatic rings. The minimum Gasteiger partial charge on any atom is -0.369 e. The highest BCUT2D eigenvalue weighted by Gasteiger charge is 2.30. The SMILES string of the molecule is N#Cc1cccc(N2CCN3CCCC3C2)c1. The molecule has 0 saturated carbocycles. The molecule has 0 aromatic heterocycles. The molecule has 1 atom stereocenters. The van der Waals surface area contributed by atoms with Crippen molar-refractivity contribution in [2.24, 2.45) is 0 Å². The molecular formula is C14H17N3. The molecule has 0 radical (unpaired) electrons. The van der Waals surface area contributed by atoms with Gasteiger partial charge in [-0.2, -0.15) is 5.26 Å². The molecule has 0 bridgehead atoms. The molecule has 3 heteroatoms. The Hall–Kier alpha value is -1.53. The van der Waals surface area contributed by atoms with Gasteiger partial charge in [-0.25, -0.2) is 0 Å². The average molecular weight is 227 g/mol. The second-order valence-electron chi connectivity index (χ2n) is 4.94. The molecule has 88 valence electrons. The molecule has 3 rings (SSSR count). The molecule has 2 saturated heterocycles. The van der Waals surface area contributed by atoms with Crippen LogP contribution < -0.4 is 4.90 Å². The van der Waals surface area contributed by atoms with Crippen molar-refractivity contribution in [3.8, 4) is 6.07 Å². The predicted molar refractivity (Wildman–Crippen MR) is 68.0 cm³/mol. The Labute approximate surface area is 102 Å². The van der Waals surface area contributed by atoms with Gasteiger partial charge in [-0.1, -0.05) is 6.07 Å². The van der Waals surface area contributed by atoms with Crippen LogP contribution in [0.1, 0.15) is 18.4 Å². The van der Waals surface area contributed by atoms with E-state index < -0.39 is 0 Å². The van der Waals surface area contributed by atoms with Crippen LogP contribution in [0.4, 0.5) is 5.69 Å². The summed E-state index contributed by atoms with van der Waals surface area (Å²) in [5.74, 6) is 0. The lowest BCUT2D eigenvalue weighted by molar-refractivity contribution is 0.231. The summed E-state index contributed by atoms with van der Waals surface area (Å²) in [7, 11) is 0. The summed E-state index contributed by atoms with van der Waals surface area (Å²) in [5, 5.41) is 8.93. The van der Waals surface area contributed by atoms with Crippen molar-refractivity contribution < 1.29 is 0 Å².